The van der Waals surface area contributed by atoms with E-state index in [9.17, 15) is 4.79 Å². The quantitative estimate of drug-likeness (QED) is 0.175. The van der Waals surface area contributed by atoms with Crippen LogP contribution >= 0.6 is 12.3 Å². The van der Waals surface area contributed by atoms with Gasteiger partial charge in [0.15, 0.2) is 0 Å². The first-order valence-corrected chi connectivity index (χ1v) is 2.48. The fourth-order valence-electron chi connectivity index (χ4n) is 0.0786. The van der Waals surface area contributed by atoms with Gasteiger partial charge in [0.1, 0.15) is 6.29 Å². The van der Waals surface area contributed by atoms with Crippen molar-refractivity contribution in [3.05, 3.63) is 12.2 Å². The van der Waals surface area contributed by atoms with Gasteiger partial charge in [0, 0.05) is 0 Å². The third-order valence-corrected chi connectivity index (χ3v) is 0.271. The monoisotopic (exact) mass is 180 g/mol. The molecule has 0 aromatic heterocycles. The molecule has 6 heteroatoms. The van der Waals surface area contributed by atoms with Gasteiger partial charge < -0.3 is 21.4 Å². The summed E-state index contributed by atoms with van der Waals surface area (Å²) < 4.78 is 16.6. The molecule has 0 saturated carbocycles. The van der Waals surface area contributed by atoms with Gasteiger partial charge in [-0.05, 0) is 13.0 Å². The number of hydrogen-bond acceptors (Lipinski definition) is 4. The Hall–Kier alpha value is 1.68. The minimum Gasteiger partial charge on any atom is -0.811 e. The van der Waals surface area contributed by atoms with Gasteiger partial charge in [-0.15, -0.1) is 0 Å². The van der Waals surface area contributed by atoms with Crippen molar-refractivity contribution in [1.29, 1.82) is 0 Å². The second kappa shape index (κ2) is 31.0. The van der Waals surface area contributed by atoms with Crippen molar-refractivity contribution in [2.45, 2.75) is 6.92 Å². The van der Waals surface area contributed by atoms with E-state index in [1.165, 1.54) is 6.08 Å². The molecule has 10 heavy (non-hydrogen) atoms. The maximum Gasteiger partial charge on any atom is 1.00 e. The summed E-state index contributed by atoms with van der Waals surface area (Å²) in [5.41, 5.74) is 0. The molecule has 0 aliphatic carbocycles. The summed E-state index contributed by atoms with van der Waals surface area (Å²) in [6.45, 7) is 1.80. The van der Waals surface area contributed by atoms with Crippen LogP contribution in [0.2, 0.25) is 0 Å². The predicted octanol–water partition coefficient (Wildman–Crippen LogP) is -5.25. The van der Waals surface area contributed by atoms with Crippen molar-refractivity contribution in [3.63, 3.8) is 0 Å². The Morgan fingerprint density at radius 3 is 1.60 bits per heavy atom. The Balaban J connectivity index is -0.0000000326. The standard InChI is InChI=1S/C4H6O.2Na.H2O2S/c1-2-3-4-5;;;1-3-2/h2-4H,1H3;;;1-2H/q;2*+1;/p-2/b3-2+;;;. The normalized spacial score (nSPS) is 6.30. The van der Waals surface area contributed by atoms with Crippen LogP contribution in [0.1, 0.15) is 6.92 Å². The Morgan fingerprint density at radius 2 is 1.60 bits per heavy atom. The van der Waals surface area contributed by atoms with E-state index >= 15 is 0 Å². The van der Waals surface area contributed by atoms with Crippen LogP contribution in [0.15, 0.2) is 12.2 Å². The van der Waals surface area contributed by atoms with Crippen LogP contribution in [-0.2, 0) is 4.79 Å². The molecule has 0 rings (SSSR count). The van der Waals surface area contributed by atoms with E-state index in [2.05, 4.69) is 0 Å². The summed E-state index contributed by atoms with van der Waals surface area (Å²) in [6.07, 6.45) is 3.88. The molecule has 48 valence electrons. The molecule has 0 spiro atoms. The van der Waals surface area contributed by atoms with Crippen LogP contribution in [0.25, 0.3) is 0 Å². The van der Waals surface area contributed by atoms with Crippen LogP contribution in [0, 0.1) is 0 Å². The zero-order chi connectivity index (χ0) is 6.83. The number of carbonyl (C=O) groups is 1. The van der Waals surface area contributed by atoms with Crippen molar-refractivity contribution < 1.29 is 73.0 Å². The number of allylic oxidation sites excluding steroid dienone is 2. The summed E-state index contributed by atoms with van der Waals surface area (Å²) in [5.74, 6) is 0. The van der Waals surface area contributed by atoms with E-state index in [1.807, 2.05) is 0 Å². The first-order chi connectivity index (χ1) is 3.83. The molecule has 3 nitrogen and oxygen atoms in total. The Labute approximate surface area is 109 Å². The molecule has 0 N–H and O–H groups in total. The molecule has 0 atom stereocenters. The molecule has 0 heterocycles. The van der Waals surface area contributed by atoms with Gasteiger partial charge in [-0.25, -0.2) is 0 Å². The third-order valence-electron chi connectivity index (χ3n) is 0.271. The van der Waals surface area contributed by atoms with Crippen LogP contribution in [0.4, 0.5) is 0 Å². The molecule has 0 radical (unpaired) electrons. The van der Waals surface area contributed by atoms with Gasteiger partial charge in [-0.3, -0.25) is 4.79 Å². The van der Waals surface area contributed by atoms with Gasteiger partial charge in [0.2, 0.25) is 0 Å². The van der Waals surface area contributed by atoms with E-state index < -0.39 is 12.3 Å². The predicted molar refractivity (Wildman–Crippen MR) is 30.0 cm³/mol. The van der Waals surface area contributed by atoms with E-state index in [0.29, 0.717) is 0 Å². The van der Waals surface area contributed by atoms with Crippen LogP contribution in [0.5, 0.6) is 0 Å². The van der Waals surface area contributed by atoms with Gasteiger partial charge in [-0.1, -0.05) is 6.08 Å². The number of rotatable bonds is 1. The summed E-state index contributed by atoms with van der Waals surface area (Å²) in [7, 11) is 0. The van der Waals surface area contributed by atoms with Gasteiger partial charge in [0.25, 0.3) is 0 Å². The summed E-state index contributed by atoms with van der Waals surface area (Å²) in [5, 5.41) is 0. The fraction of sp³-hybridized carbons (Fsp3) is 0.250. The molecule has 0 aromatic rings. The van der Waals surface area contributed by atoms with Gasteiger partial charge in [0.05, 0.1) is 0 Å². The van der Waals surface area contributed by atoms with E-state index in [0.717, 1.165) is 6.29 Å². The van der Waals surface area contributed by atoms with Crippen LogP contribution in [0.3, 0.4) is 0 Å². The average molecular weight is 180 g/mol. The van der Waals surface area contributed by atoms with E-state index in [1.54, 1.807) is 13.0 Å². The van der Waals surface area contributed by atoms with Crippen molar-refractivity contribution in [2.24, 2.45) is 0 Å². The first-order valence-electron chi connectivity index (χ1n) is 1.81. The van der Waals surface area contributed by atoms with Gasteiger partial charge in [-0.2, -0.15) is 0 Å². The zero-order valence-electron chi connectivity index (χ0n) is 6.37. The topological polar surface area (TPSA) is 63.2 Å². The fourth-order valence-corrected chi connectivity index (χ4v) is 0.0786. The number of carbonyl (C=O) groups excluding carboxylic acids is 1. The largest absolute Gasteiger partial charge is 1.00 e. The Morgan fingerprint density at radius 1 is 1.30 bits per heavy atom. The minimum absolute atomic E-state index is 0. The van der Waals surface area contributed by atoms with Crippen molar-refractivity contribution in [2.75, 3.05) is 0 Å². The molecular formula is C4H6Na2O3S. The zero-order valence-corrected chi connectivity index (χ0v) is 11.2. The molecule has 0 amide bonds. The van der Waals surface area contributed by atoms with Gasteiger partial charge >= 0.3 is 59.1 Å². The summed E-state index contributed by atoms with van der Waals surface area (Å²) in [6, 6.07) is 0. The molecule has 0 aliphatic rings. The average Bonchev–Trinajstić information content (AvgIpc) is 1.71. The first kappa shape index (κ1) is 22.6. The SMILES string of the molecule is C/C=C/C=O.[Na+].[Na+].[O-]S[O-]. The van der Waals surface area contributed by atoms with Crippen LogP contribution < -0.4 is 59.1 Å². The number of hydrogen-bond donors (Lipinski definition) is 0. The molecular weight excluding hydrogens is 174 g/mol. The number of aldehydes is 1. The maximum atomic E-state index is 9.32. The van der Waals surface area contributed by atoms with Crippen molar-refractivity contribution >= 4 is 18.6 Å². The Bertz CT molecular complexity index is 69.5. The third kappa shape index (κ3) is 53.9. The van der Waals surface area contributed by atoms with E-state index in [-0.39, 0.29) is 59.1 Å². The second-order valence-electron chi connectivity index (χ2n) is 0.730. The molecule has 0 unspecified atom stereocenters. The molecule has 0 fully saturated rings. The molecule has 0 aromatic carbocycles. The van der Waals surface area contributed by atoms with Crippen molar-refractivity contribution in [1.82, 2.24) is 0 Å². The van der Waals surface area contributed by atoms with Crippen molar-refractivity contribution in [3.8, 4) is 0 Å². The van der Waals surface area contributed by atoms with E-state index in [4.69, 9.17) is 9.11 Å². The summed E-state index contributed by atoms with van der Waals surface area (Å²) in [4.78, 5) is 9.32. The molecule has 0 saturated heterocycles. The molecule has 0 bridgehead atoms. The molecule has 0 aliphatic heterocycles. The second-order valence-corrected chi connectivity index (χ2v) is 0.866. The summed E-state index contributed by atoms with van der Waals surface area (Å²) >= 11 is -0.750. The smallest absolute Gasteiger partial charge is 0.811 e. The maximum absolute atomic E-state index is 9.32. The minimum atomic E-state index is -0.750. The Kier molecular flexibility index (Phi) is 70.1. The van der Waals surface area contributed by atoms with Crippen LogP contribution in [-0.4, -0.2) is 15.4 Å².